The lowest BCUT2D eigenvalue weighted by Gasteiger charge is -2.22. The molecule has 0 saturated carbocycles. The standard InChI is InChI=1S/C9H18N2O2/c1-9(4-3-5-11-9)8(12)10-6-7-13-2/h11H,3-7H2,1-2H3,(H,10,12). The van der Waals surface area contributed by atoms with E-state index >= 15 is 0 Å². The molecule has 1 fully saturated rings. The van der Waals surface area contributed by atoms with E-state index in [0.717, 1.165) is 19.4 Å². The van der Waals surface area contributed by atoms with E-state index in [2.05, 4.69) is 10.6 Å². The Morgan fingerprint density at radius 3 is 3.00 bits per heavy atom. The van der Waals surface area contributed by atoms with Crippen molar-refractivity contribution in [2.45, 2.75) is 25.3 Å². The van der Waals surface area contributed by atoms with Crippen LogP contribution in [0.1, 0.15) is 19.8 Å². The summed E-state index contributed by atoms with van der Waals surface area (Å²) < 4.78 is 4.85. The van der Waals surface area contributed by atoms with Gasteiger partial charge in [0.15, 0.2) is 0 Å². The van der Waals surface area contributed by atoms with Crippen molar-refractivity contribution >= 4 is 5.91 Å². The van der Waals surface area contributed by atoms with Crippen LogP contribution < -0.4 is 10.6 Å². The summed E-state index contributed by atoms with van der Waals surface area (Å²) in [6.45, 7) is 4.05. The molecule has 13 heavy (non-hydrogen) atoms. The van der Waals surface area contributed by atoms with Crippen molar-refractivity contribution < 1.29 is 9.53 Å². The SMILES string of the molecule is COCCNC(=O)C1(C)CCCN1. The van der Waals surface area contributed by atoms with Gasteiger partial charge in [0, 0.05) is 13.7 Å². The highest BCUT2D eigenvalue weighted by Gasteiger charge is 2.35. The average Bonchev–Trinajstić information content (AvgIpc) is 2.54. The van der Waals surface area contributed by atoms with Gasteiger partial charge in [-0.1, -0.05) is 0 Å². The van der Waals surface area contributed by atoms with Crippen LogP contribution >= 0.6 is 0 Å². The Kier molecular flexibility index (Phi) is 3.69. The number of methoxy groups -OCH3 is 1. The van der Waals surface area contributed by atoms with Gasteiger partial charge >= 0.3 is 0 Å². The van der Waals surface area contributed by atoms with Gasteiger partial charge < -0.3 is 15.4 Å². The second-order valence-corrected chi connectivity index (χ2v) is 3.61. The van der Waals surface area contributed by atoms with Crippen molar-refractivity contribution in [2.75, 3.05) is 26.8 Å². The quantitative estimate of drug-likeness (QED) is 0.602. The lowest BCUT2D eigenvalue weighted by Crippen LogP contribution is -2.51. The second kappa shape index (κ2) is 4.58. The maximum atomic E-state index is 11.6. The molecule has 0 aromatic heterocycles. The molecule has 2 N–H and O–H groups in total. The van der Waals surface area contributed by atoms with Crippen LogP contribution in [0.3, 0.4) is 0 Å². The highest BCUT2D eigenvalue weighted by atomic mass is 16.5. The zero-order chi connectivity index (χ0) is 9.73. The number of carbonyl (C=O) groups excluding carboxylic acids is 1. The minimum Gasteiger partial charge on any atom is -0.383 e. The van der Waals surface area contributed by atoms with E-state index in [9.17, 15) is 4.79 Å². The molecule has 0 aromatic carbocycles. The van der Waals surface area contributed by atoms with Crippen LogP contribution in [0.2, 0.25) is 0 Å². The van der Waals surface area contributed by atoms with Crippen molar-refractivity contribution in [2.24, 2.45) is 0 Å². The Bertz CT molecular complexity index is 176. The molecule has 1 saturated heterocycles. The zero-order valence-electron chi connectivity index (χ0n) is 8.35. The van der Waals surface area contributed by atoms with Crippen molar-refractivity contribution in [1.29, 1.82) is 0 Å². The topological polar surface area (TPSA) is 50.4 Å². The fourth-order valence-corrected chi connectivity index (χ4v) is 1.55. The maximum absolute atomic E-state index is 11.6. The molecule has 0 bridgehead atoms. The predicted octanol–water partition coefficient (Wildman–Crippen LogP) is -0.109. The molecule has 1 atom stereocenters. The number of hydrogen-bond donors (Lipinski definition) is 2. The number of carbonyl (C=O) groups is 1. The molecular formula is C9H18N2O2. The smallest absolute Gasteiger partial charge is 0.240 e. The summed E-state index contributed by atoms with van der Waals surface area (Å²) >= 11 is 0. The summed E-state index contributed by atoms with van der Waals surface area (Å²) in [6.07, 6.45) is 2.00. The first-order valence-electron chi connectivity index (χ1n) is 4.71. The van der Waals surface area contributed by atoms with Crippen molar-refractivity contribution in [3.05, 3.63) is 0 Å². The molecule has 0 aliphatic carbocycles. The van der Waals surface area contributed by atoms with Gasteiger partial charge in [-0.05, 0) is 26.3 Å². The van der Waals surface area contributed by atoms with Gasteiger partial charge in [0.2, 0.25) is 5.91 Å². The van der Waals surface area contributed by atoms with Gasteiger partial charge in [-0.15, -0.1) is 0 Å². The van der Waals surface area contributed by atoms with Crippen LogP contribution in [0, 0.1) is 0 Å². The largest absolute Gasteiger partial charge is 0.383 e. The molecule has 1 amide bonds. The van der Waals surface area contributed by atoms with Crippen LogP contribution in [0.4, 0.5) is 0 Å². The molecule has 1 aliphatic heterocycles. The number of amides is 1. The van der Waals surface area contributed by atoms with Gasteiger partial charge in [-0.2, -0.15) is 0 Å². The second-order valence-electron chi connectivity index (χ2n) is 3.61. The zero-order valence-corrected chi connectivity index (χ0v) is 8.35. The molecule has 1 aliphatic rings. The van der Waals surface area contributed by atoms with Crippen molar-refractivity contribution in [1.82, 2.24) is 10.6 Å². The molecule has 76 valence electrons. The molecule has 1 heterocycles. The normalized spacial score (nSPS) is 27.5. The van der Waals surface area contributed by atoms with Crippen molar-refractivity contribution in [3.63, 3.8) is 0 Å². The summed E-state index contributed by atoms with van der Waals surface area (Å²) in [5.41, 5.74) is -0.353. The third-order valence-electron chi connectivity index (χ3n) is 2.46. The van der Waals surface area contributed by atoms with E-state index in [1.165, 1.54) is 0 Å². The average molecular weight is 186 g/mol. The Labute approximate surface area is 79.0 Å². The molecular weight excluding hydrogens is 168 g/mol. The van der Waals surface area contributed by atoms with E-state index < -0.39 is 0 Å². The van der Waals surface area contributed by atoms with Crippen molar-refractivity contribution in [3.8, 4) is 0 Å². The van der Waals surface area contributed by atoms with Crippen LogP contribution in [-0.4, -0.2) is 38.3 Å². The van der Waals surface area contributed by atoms with E-state index in [1.807, 2.05) is 6.92 Å². The Morgan fingerprint density at radius 1 is 1.69 bits per heavy atom. The third kappa shape index (κ3) is 2.67. The van der Waals surface area contributed by atoms with Crippen LogP contribution in [-0.2, 0) is 9.53 Å². The fraction of sp³-hybridized carbons (Fsp3) is 0.889. The lowest BCUT2D eigenvalue weighted by atomic mass is 9.99. The van der Waals surface area contributed by atoms with E-state index in [4.69, 9.17) is 4.74 Å². The molecule has 0 spiro atoms. The Balaban J connectivity index is 2.29. The highest BCUT2D eigenvalue weighted by molar-refractivity contribution is 5.86. The number of hydrogen-bond acceptors (Lipinski definition) is 3. The number of rotatable bonds is 4. The first-order chi connectivity index (χ1) is 6.19. The molecule has 1 rings (SSSR count). The monoisotopic (exact) mass is 186 g/mol. The van der Waals surface area contributed by atoms with Crippen LogP contribution in [0.25, 0.3) is 0 Å². The predicted molar refractivity (Wildman–Crippen MR) is 50.5 cm³/mol. The summed E-state index contributed by atoms with van der Waals surface area (Å²) in [7, 11) is 1.63. The van der Waals surface area contributed by atoms with Gasteiger partial charge in [0.05, 0.1) is 12.1 Å². The molecule has 4 heteroatoms. The fourth-order valence-electron chi connectivity index (χ4n) is 1.55. The Hall–Kier alpha value is -0.610. The van der Waals surface area contributed by atoms with Crippen LogP contribution in [0.5, 0.6) is 0 Å². The number of ether oxygens (including phenoxy) is 1. The summed E-state index contributed by atoms with van der Waals surface area (Å²) in [4.78, 5) is 11.6. The minimum absolute atomic E-state index is 0.0852. The highest BCUT2D eigenvalue weighted by Crippen LogP contribution is 2.17. The van der Waals surface area contributed by atoms with E-state index in [1.54, 1.807) is 7.11 Å². The van der Waals surface area contributed by atoms with E-state index in [-0.39, 0.29) is 11.4 Å². The minimum atomic E-state index is -0.353. The summed E-state index contributed by atoms with van der Waals surface area (Å²) in [5, 5.41) is 6.05. The van der Waals surface area contributed by atoms with E-state index in [0.29, 0.717) is 13.2 Å². The summed E-state index contributed by atoms with van der Waals surface area (Å²) in [5.74, 6) is 0.0852. The third-order valence-corrected chi connectivity index (χ3v) is 2.46. The first kappa shape index (κ1) is 10.5. The number of nitrogens with one attached hydrogen (secondary N) is 2. The Morgan fingerprint density at radius 2 is 2.46 bits per heavy atom. The molecule has 1 unspecified atom stereocenters. The molecule has 4 nitrogen and oxygen atoms in total. The maximum Gasteiger partial charge on any atom is 0.240 e. The van der Waals surface area contributed by atoms with Gasteiger partial charge in [0.25, 0.3) is 0 Å². The summed E-state index contributed by atoms with van der Waals surface area (Å²) in [6, 6.07) is 0. The lowest BCUT2D eigenvalue weighted by molar-refractivity contribution is -0.126. The molecule has 0 aromatic rings. The van der Waals surface area contributed by atoms with Crippen LogP contribution in [0.15, 0.2) is 0 Å². The van der Waals surface area contributed by atoms with Gasteiger partial charge in [-0.25, -0.2) is 0 Å². The van der Waals surface area contributed by atoms with Gasteiger partial charge in [-0.3, -0.25) is 4.79 Å². The van der Waals surface area contributed by atoms with Gasteiger partial charge in [0.1, 0.15) is 0 Å². The first-order valence-corrected chi connectivity index (χ1v) is 4.71. The molecule has 0 radical (unpaired) electrons.